The second kappa shape index (κ2) is 10.7. The van der Waals surface area contributed by atoms with E-state index in [2.05, 4.69) is 16.3 Å². The Balaban J connectivity index is 1.40. The predicted molar refractivity (Wildman–Crippen MR) is 125 cm³/mol. The van der Waals surface area contributed by atoms with E-state index in [0.717, 1.165) is 44.8 Å². The maximum Gasteiger partial charge on any atom is 0.254 e. The molecule has 2 aliphatic rings. The fourth-order valence-electron chi connectivity index (χ4n) is 4.31. The van der Waals surface area contributed by atoms with Crippen LogP contribution in [0.5, 0.6) is 0 Å². The average Bonchev–Trinajstić information content (AvgIpc) is 3.28. The molecule has 2 fully saturated rings. The number of amides is 2. The first-order valence-corrected chi connectivity index (χ1v) is 11.7. The van der Waals surface area contributed by atoms with Crippen LogP contribution in [0.2, 0.25) is 10.0 Å². The molecule has 2 saturated heterocycles. The maximum atomic E-state index is 13.0. The number of carbonyl (C=O) groups is 2. The van der Waals surface area contributed by atoms with Crippen molar-refractivity contribution in [2.24, 2.45) is 0 Å². The summed E-state index contributed by atoms with van der Waals surface area (Å²) in [6.45, 7) is 5.12. The summed E-state index contributed by atoms with van der Waals surface area (Å²) >= 11 is 12.1. The lowest BCUT2D eigenvalue weighted by atomic mass is 10.1. The van der Waals surface area contributed by atoms with E-state index in [-0.39, 0.29) is 11.8 Å². The minimum Gasteiger partial charge on any atom is -0.379 e. The van der Waals surface area contributed by atoms with Crippen molar-refractivity contribution >= 4 is 35.0 Å². The molecule has 4 rings (SSSR count). The summed E-state index contributed by atoms with van der Waals surface area (Å²) in [6.07, 6.45) is 1.42. The van der Waals surface area contributed by atoms with Crippen LogP contribution in [0.4, 0.5) is 0 Å². The maximum absolute atomic E-state index is 13.0. The third kappa shape index (κ3) is 5.62. The zero-order valence-corrected chi connectivity index (χ0v) is 19.4. The van der Waals surface area contributed by atoms with Gasteiger partial charge in [0.25, 0.3) is 5.91 Å². The summed E-state index contributed by atoms with van der Waals surface area (Å²) in [6, 6.07) is 12.4. The first-order chi connectivity index (χ1) is 15.5. The predicted octanol–water partition coefficient (Wildman–Crippen LogP) is 3.75. The zero-order valence-electron chi connectivity index (χ0n) is 17.9. The highest BCUT2D eigenvalue weighted by molar-refractivity contribution is 6.35. The van der Waals surface area contributed by atoms with Gasteiger partial charge in [-0.2, -0.15) is 0 Å². The van der Waals surface area contributed by atoms with E-state index < -0.39 is 6.04 Å². The summed E-state index contributed by atoms with van der Waals surface area (Å²) in [7, 11) is 0. The summed E-state index contributed by atoms with van der Waals surface area (Å²) in [5.74, 6) is -0.357. The highest BCUT2D eigenvalue weighted by Gasteiger charge is 2.34. The van der Waals surface area contributed by atoms with Gasteiger partial charge in [0.05, 0.1) is 13.2 Å². The largest absolute Gasteiger partial charge is 0.379 e. The lowest BCUT2D eigenvalue weighted by Gasteiger charge is -2.27. The Morgan fingerprint density at radius 2 is 1.69 bits per heavy atom. The van der Waals surface area contributed by atoms with Crippen LogP contribution in [0.3, 0.4) is 0 Å². The van der Waals surface area contributed by atoms with Crippen LogP contribution in [-0.2, 0) is 22.6 Å². The van der Waals surface area contributed by atoms with Gasteiger partial charge in [-0.25, -0.2) is 0 Å². The Bertz CT molecular complexity index is 958. The third-order valence-electron chi connectivity index (χ3n) is 5.99. The zero-order chi connectivity index (χ0) is 22.5. The molecule has 0 saturated carbocycles. The summed E-state index contributed by atoms with van der Waals surface area (Å²) in [5.41, 5.74) is 2.69. The monoisotopic (exact) mass is 475 g/mol. The molecular weight excluding hydrogens is 449 g/mol. The smallest absolute Gasteiger partial charge is 0.254 e. The molecule has 2 heterocycles. The molecule has 1 unspecified atom stereocenters. The number of ether oxygens (including phenoxy) is 1. The molecule has 2 amide bonds. The van der Waals surface area contributed by atoms with E-state index >= 15 is 0 Å². The number of morpholine rings is 1. The summed E-state index contributed by atoms with van der Waals surface area (Å²) < 4.78 is 5.43. The van der Waals surface area contributed by atoms with E-state index in [1.54, 1.807) is 23.1 Å². The fourth-order valence-corrected chi connectivity index (χ4v) is 4.84. The number of nitrogens with zero attached hydrogens (tertiary/aromatic N) is 2. The molecule has 0 aliphatic carbocycles. The van der Waals surface area contributed by atoms with Crippen molar-refractivity contribution in [3.05, 3.63) is 69.2 Å². The molecule has 2 aromatic rings. The van der Waals surface area contributed by atoms with Crippen molar-refractivity contribution in [2.45, 2.75) is 32.0 Å². The topological polar surface area (TPSA) is 61.9 Å². The molecule has 32 heavy (non-hydrogen) atoms. The van der Waals surface area contributed by atoms with E-state index in [1.807, 2.05) is 18.2 Å². The number of hydrogen-bond donors (Lipinski definition) is 1. The first-order valence-electron chi connectivity index (χ1n) is 10.9. The van der Waals surface area contributed by atoms with E-state index in [0.29, 0.717) is 35.1 Å². The van der Waals surface area contributed by atoms with Gasteiger partial charge >= 0.3 is 0 Å². The van der Waals surface area contributed by atoms with Gasteiger partial charge in [0.1, 0.15) is 6.04 Å². The van der Waals surface area contributed by atoms with E-state index in [9.17, 15) is 9.59 Å². The van der Waals surface area contributed by atoms with Crippen LogP contribution in [0.25, 0.3) is 0 Å². The Hall–Kier alpha value is -2.12. The Kier molecular flexibility index (Phi) is 7.68. The number of halogens is 2. The number of benzene rings is 2. The SMILES string of the molecule is O=C(NCc1ccccc1CN1CCOCC1)C1CCCN1C(=O)c1cc(Cl)cc(Cl)c1. The van der Waals surface area contributed by atoms with Crippen molar-refractivity contribution in [1.29, 1.82) is 0 Å². The first kappa shape index (κ1) is 23.1. The van der Waals surface area contributed by atoms with Crippen LogP contribution >= 0.6 is 23.2 Å². The second-order valence-electron chi connectivity index (χ2n) is 8.19. The number of likely N-dealkylation sites (tertiary alicyclic amines) is 1. The Labute approximate surface area is 198 Å². The van der Waals surface area contributed by atoms with Gasteiger partial charge in [0, 0.05) is 48.3 Å². The molecule has 2 aliphatic heterocycles. The summed E-state index contributed by atoms with van der Waals surface area (Å²) in [4.78, 5) is 30.0. The lowest BCUT2D eigenvalue weighted by Crippen LogP contribution is -2.45. The Morgan fingerprint density at radius 3 is 2.41 bits per heavy atom. The van der Waals surface area contributed by atoms with Crippen molar-refractivity contribution in [1.82, 2.24) is 15.1 Å². The second-order valence-corrected chi connectivity index (χ2v) is 9.06. The van der Waals surface area contributed by atoms with Crippen molar-refractivity contribution in [3.8, 4) is 0 Å². The van der Waals surface area contributed by atoms with Crippen LogP contribution in [-0.4, -0.2) is 60.5 Å². The minimum atomic E-state index is -0.494. The van der Waals surface area contributed by atoms with Gasteiger partial charge in [-0.05, 0) is 42.2 Å². The normalized spacial score (nSPS) is 19.2. The van der Waals surface area contributed by atoms with Crippen LogP contribution in [0.15, 0.2) is 42.5 Å². The molecule has 2 aromatic carbocycles. The van der Waals surface area contributed by atoms with Gasteiger partial charge in [-0.1, -0.05) is 47.5 Å². The molecule has 0 bridgehead atoms. The van der Waals surface area contributed by atoms with Crippen LogP contribution < -0.4 is 5.32 Å². The molecule has 6 nitrogen and oxygen atoms in total. The highest BCUT2D eigenvalue weighted by atomic mass is 35.5. The number of nitrogens with one attached hydrogen (secondary N) is 1. The molecule has 1 N–H and O–H groups in total. The van der Waals surface area contributed by atoms with Crippen LogP contribution in [0, 0.1) is 0 Å². The number of hydrogen-bond acceptors (Lipinski definition) is 4. The minimum absolute atomic E-state index is 0.134. The van der Waals surface area contributed by atoms with E-state index in [4.69, 9.17) is 27.9 Å². The average molecular weight is 476 g/mol. The van der Waals surface area contributed by atoms with Gasteiger partial charge < -0.3 is 15.0 Å². The fraction of sp³-hybridized carbons (Fsp3) is 0.417. The molecule has 1 atom stereocenters. The van der Waals surface area contributed by atoms with Gasteiger partial charge in [0.2, 0.25) is 5.91 Å². The van der Waals surface area contributed by atoms with Crippen molar-refractivity contribution < 1.29 is 14.3 Å². The van der Waals surface area contributed by atoms with Crippen molar-refractivity contribution in [3.63, 3.8) is 0 Å². The number of carbonyl (C=O) groups excluding carboxylic acids is 2. The molecule has 0 spiro atoms. The van der Waals surface area contributed by atoms with E-state index in [1.165, 1.54) is 5.56 Å². The summed E-state index contributed by atoms with van der Waals surface area (Å²) in [5, 5.41) is 3.85. The molecule has 8 heteroatoms. The van der Waals surface area contributed by atoms with Gasteiger partial charge in [-0.15, -0.1) is 0 Å². The van der Waals surface area contributed by atoms with Gasteiger partial charge in [-0.3, -0.25) is 14.5 Å². The van der Waals surface area contributed by atoms with Gasteiger partial charge in [0.15, 0.2) is 0 Å². The van der Waals surface area contributed by atoms with Crippen molar-refractivity contribution in [2.75, 3.05) is 32.8 Å². The quantitative estimate of drug-likeness (QED) is 0.690. The molecular formula is C24H27Cl2N3O3. The lowest BCUT2D eigenvalue weighted by molar-refractivity contribution is -0.125. The Morgan fingerprint density at radius 1 is 1.00 bits per heavy atom. The third-order valence-corrected chi connectivity index (χ3v) is 6.43. The van der Waals surface area contributed by atoms with Crippen LogP contribution in [0.1, 0.15) is 34.3 Å². The molecule has 0 aromatic heterocycles. The molecule has 170 valence electrons. The molecule has 0 radical (unpaired) electrons. The number of rotatable bonds is 6. The standard InChI is InChI=1S/C24H27Cl2N3O3/c25-20-12-19(13-21(26)14-20)24(31)29-7-3-6-22(29)23(30)27-15-17-4-1-2-5-18(17)16-28-8-10-32-11-9-28/h1-2,4-5,12-14,22H,3,6-11,15-16H2,(H,27,30). The highest BCUT2D eigenvalue weighted by Crippen LogP contribution is 2.25.